The Labute approximate surface area is 178 Å². The van der Waals surface area contributed by atoms with Gasteiger partial charge in [-0.15, -0.1) is 11.3 Å². The summed E-state index contributed by atoms with van der Waals surface area (Å²) in [5.74, 6) is -0.198. The van der Waals surface area contributed by atoms with Crippen LogP contribution in [0.1, 0.15) is 33.0 Å². The number of carbonyl (C=O) groups is 2. The third-order valence-electron chi connectivity index (χ3n) is 4.62. The highest BCUT2D eigenvalue weighted by molar-refractivity contribution is 7.13. The van der Waals surface area contributed by atoms with Crippen LogP contribution in [0.4, 0.5) is 0 Å². The number of likely N-dealkylation sites (tertiary alicyclic amines) is 1. The molecule has 2 aromatic rings. The molecule has 1 saturated heterocycles. The van der Waals surface area contributed by atoms with E-state index < -0.39 is 0 Å². The van der Waals surface area contributed by atoms with Gasteiger partial charge < -0.3 is 14.4 Å². The lowest BCUT2D eigenvalue weighted by atomic mass is 10.1. The van der Waals surface area contributed by atoms with Crippen LogP contribution in [-0.2, 0) is 27.3 Å². The Balaban J connectivity index is 1.51. The average molecular weight is 442 g/mol. The topological polar surface area (TPSA) is 55.8 Å². The highest BCUT2D eigenvalue weighted by atomic mass is 35.5. The molecular weight excluding hydrogens is 421 g/mol. The predicted octanol–water partition coefficient (Wildman–Crippen LogP) is 4.59. The van der Waals surface area contributed by atoms with Crippen molar-refractivity contribution < 1.29 is 19.1 Å². The van der Waals surface area contributed by atoms with Crippen molar-refractivity contribution >= 4 is 46.4 Å². The molecule has 5 nitrogen and oxygen atoms in total. The molecule has 0 bridgehead atoms. The van der Waals surface area contributed by atoms with Gasteiger partial charge in [-0.3, -0.25) is 4.79 Å². The third kappa shape index (κ3) is 5.47. The van der Waals surface area contributed by atoms with E-state index in [0.29, 0.717) is 47.5 Å². The van der Waals surface area contributed by atoms with Crippen LogP contribution in [0.2, 0.25) is 10.0 Å². The maximum absolute atomic E-state index is 12.3. The SMILES string of the molecule is COC(=O)c1ccc(COC[C@H]2CCC(=O)N2CCc2cc(Cl)cc(Cl)c2)s1. The number of rotatable bonds is 8. The smallest absolute Gasteiger partial charge is 0.348 e. The average Bonchev–Trinajstić information content (AvgIpc) is 3.26. The molecule has 1 amide bonds. The highest BCUT2D eigenvalue weighted by Gasteiger charge is 2.30. The van der Waals surface area contributed by atoms with Crippen molar-refractivity contribution in [3.05, 3.63) is 55.7 Å². The Kier molecular flexibility index (Phi) is 7.35. The molecule has 8 heteroatoms. The lowest BCUT2D eigenvalue weighted by Crippen LogP contribution is -2.37. The van der Waals surface area contributed by atoms with Crippen LogP contribution < -0.4 is 0 Å². The minimum Gasteiger partial charge on any atom is -0.465 e. The Morgan fingerprint density at radius 3 is 2.71 bits per heavy atom. The first kappa shape index (κ1) is 21.1. The van der Waals surface area contributed by atoms with Crippen LogP contribution in [0.5, 0.6) is 0 Å². The Bertz CT molecular complexity index is 834. The van der Waals surface area contributed by atoms with Gasteiger partial charge in [-0.05, 0) is 48.7 Å². The fraction of sp³-hybridized carbons (Fsp3) is 0.400. The van der Waals surface area contributed by atoms with Gasteiger partial charge in [0.2, 0.25) is 5.91 Å². The number of methoxy groups -OCH3 is 1. The van der Waals surface area contributed by atoms with E-state index in [1.54, 1.807) is 12.1 Å². The van der Waals surface area contributed by atoms with Gasteiger partial charge in [-0.1, -0.05) is 23.2 Å². The van der Waals surface area contributed by atoms with Gasteiger partial charge in [-0.25, -0.2) is 4.79 Å². The molecule has 0 saturated carbocycles. The van der Waals surface area contributed by atoms with E-state index in [-0.39, 0.29) is 17.9 Å². The van der Waals surface area contributed by atoms with E-state index in [0.717, 1.165) is 16.9 Å². The number of hydrogen-bond acceptors (Lipinski definition) is 5. The molecule has 2 heterocycles. The van der Waals surface area contributed by atoms with Gasteiger partial charge in [0.25, 0.3) is 0 Å². The van der Waals surface area contributed by atoms with Crippen molar-refractivity contribution in [3.63, 3.8) is 0 Å². The molecule has 0 radical (unpaired) electrons. The van der Waals surface area contributed by atoms with Gasteiger partial charge in [0.15, 0.2) is 0 Å². The van der Waals surface area contributed by atoms with E-state index in [9.17, 15) is 9.59 Å². The molecular formula is C20H21Cl2NO4S. The number of esters is 1. The predicted molar refractivity (Wildman–Crippen MR) is 110 cm³/mol. The summed E-state index contributed by atoms with van der Waals surface area (Å²) in [5, 5.41) is 1.19. The summed E-state index contributed by atoms with van der Waals surface area (Å²) in [6.45, 7) is 1.48. The number of nitrogens with zero attached hydrogens (tertiary/aromatic N) is 1. The zero-order valence-electron chi connectivity index (χ0n) is 15.5. The first-order valence-corrected chi connectivity index (χ1v) is 10.5. The van der Waals surface area contributed by atoms with Gasteiger partial charge in [-0.2, -0.15) is 0 Å². The Hall–Kier alpha value is -1.60. The second-order valence-electron chi connectivity index (χ2n) is 6.58. The molecule has 0 unspecified atom stereocenters. The monoisotopic (exact) mass is 441 g/mol. The first-order valence-electron chi connectivity index (χ1n) is 8.95. The van der Waals surface area contributed by atoms with Gasteiger partial charge in [0, 0.05) is 27.9 Å². The van der Waals surface area contributed by atoms with Crippen LogP contribution in [0.3, 0.4) is 0 Å². The number of amides is 1. The number of thiophene rings is 1. The first-order chi connectivity index (χ1) is 13.5. The molecule has 150 valence electrons. The zero-order valence-corrected chi connectivity index (χ0v) is 17.8. The number of benzene rings is 1. The number of carbonyl (C=O) groups excluding carboxylic acids is 2. The third-order valence-corrected chi connectivity index (χ3v) is 6.09. The lowest BCUT2D eigenvalue weighted by Gasteiger charge is -2.24. The largest absolute Gasteiger partial charge is 0.465 e. The fourth-order valence-corrected chi connectivity index (χ4v) is 4.67. The molecule has 1 fully saturated rings. The van der Waals surface area contributed by atoms with E-state index in [4.69, 9.17) is 32.7 Å². The van der Waals surface area contributed by atoms with Gasteiger partial charge >= 0.3 is 5.97 Å². The molecule has 1 atom stereocenters. The minimum atomic E-state index is -0.343. The molecule has 0 aliphatic carbocycles. The zero-order chi connectivity index (χ0) is 20.1. The van der Waals surface area contributed by atoms with E-state index >= 15 is 0 Å². The van der Waals surface area contributed by atoms with Crippen molar-refractivity contribution in [2.45, 2.75) is 31.9 Å². The molecule has 0 spiro atoms. The van der Waals surface area contributed by atoms with Gasteiger partial charge in [0.1, 0.15) is 4.88 Å². The summed E-state index contributed by atoms with van der Waals surface area (Å²) in [7, 11) is 1.36. The van der Waals surface area contributed by atoms with Crippen molar-refractivity contribution in [2.75, 3.05) is 20.3 Å². The normalized spacial score (nSPS) is 16.6. The summed E-state index contributed by atoms with van der Waals surface area (Å²) < 4.78 is 10.5. The molecule has 1 aliphatic heterocycles. The quantitative estimate of drug-likeness (QED) is 0.561. The lowest BCUT2D eigenvalue weighted by molar-refractivity contribution is -0.129. The second kappa shape index (κ2) is 9.74. The summed E-state index contributed by atoms with van der Waals surface area (Å²) in [4.78, 5) is 27.1. The summed E-state index contributed by atoms with van der Waals surface area (Å²) >= 11 is 13.4. The standard InChI is InChI=1S/C20H21Cl2NO4S/c1-26-20(25)18-4-3-17(28-18)12-27-11-16-2-5-19(24)23(16)7-6-13-8-14(21)10-15(22)9-13/h3-4,8-10,16H,2,5-7,11-12H2,1H3/t16-/m1/s1. The van der Waals surface area contributed by atoms with E-state index in [1.165, 1.54) is 18.4 Å². The number of halogens is 2. The van der Waals surface area contributed by atoms with E-state index in [1.807, 2.05) is 23.1 Å². The van der Waals surface area contributed by atoms with Gasteiger partial charge in [0.05, 0.1) is 26.4 Å². The molecule has 0 N–H and O–H groups in total. The maximum atomic E-state index is 12.3. The van der Waals surface area contributed by atoms with Crippen molar-refractivity contribution in [1.29, 1.82) is 0 Å². The summed E-state index contributed by atoms with van der Waals surface area (Å²) in [5.41, 5.74) is 1.01. The fourth-order valence-electron chi connectivity index (χ4n) is 3.24. The highest BCUT2D eigenvalue weighted by Crippen LogP contribution is 2.24. The molecule has 1 aromatic carbocycles. The van der Waals surface area contributed by atoms with Crippen LogP contribution in [0.25, 0.3) is 0 Å². The molecule has 3 rings (SSSR count). The molecule has 28 heavy (non-hydrogen) atoms. The van der Waals surface area contributed by atoms with Crippen LogP contribution in [0.15, 0.2) is 30.3 Å². The minimum absolute atomic E-state index is 0.0576. The number of hydrogen-bond donors (Lipinski definition) is 0. The second-order valence-corrected chi connectivity index (χ2v) is 8.62. The van der Waals surface area contributed by atoms with Crippen molar-refractivity contribution in [1.82, 2.24) is 4.90 Å². The summed E-state index contributed by atoms with van der Waals surface area (Å²) in [6, 6.07) is 9.08. The van der Waals surface area contributed by atoms with Crippen molar-refractivity contribution in [2.24, 2.45) is 0 Å². The van der Waals surface area contributed by atoms with Crippen LogP contribution in [-0.4, -0.2) is 43.1 Å². The van der Waals surface area contributed by atoms with E-state index in [2.05, 4.69) is 0 Å². The molecule has 1 aromatic heterocycles. The van der Waals surface area contributed by atoms with Crippen molar-refractivity contribution in [3.8, 4) is 0 Å². The molecule has 1 aliphatic rings. The van der Waals surface area contributed by atoms with Crippen LogP contribution in [0, 0.1) is 0 Å². The summed E-state index contributed by atoms with van der Waals surface area (Å²) in [6.07, 6.45) is 2.01. The Morgan fingerprint density at radius 2 is 2.00 bits per heavy atom. The Morgan fingerprint density at radius 1 is 1.25 bits per heavy atom. The maximum Gasteiger partial charge on any atom is 0.348 e. The van der Waals surface area contributed by atoms with Crippen LogP contribution >= 0.6 is 34.5 Å². The number of ether oxygens (including phenoxy) is 2.